The lowest BCUT2D eigenvalue weighted by atomic mass is 9.58. The summed E-state index contributed by atoms with van der Waals surface area (Å²) >= 11 is 0. The van der Waals surface area contributed by atoms with Gasteiger partial charge in [-0.3, -0.25) is 0 Å². The average molecular weight is 222 g/mol. The number of rotatable bonds is 1. The fourth-order valence-electron chi connectivity index (χ4n) is 3.87. The summed E-state index contributed by atoms with van der Waals surface area (Å²) in [5.41, 5.74) is 1.11. The Morgan fingerprint density at radius 2 is 2.06 bits per heavy atom. The van der Waals surface area contributed by atoms with Gasteiger partial charge < -0.3 is 5.11 Å². The van der Waals surface area contributed by atoms with E-state index in [2.05, 4.69) is 33.8 Å². The van der Waals surface area contributed by atoms with Crippen LogP contribution in [-0.2, 0) is 0 Å². The Labute approximate surface area is 99.9 Å². The minimum Gasteiger partial charge on any atom is -0.390 e. The van der Waals surface area contributed by atoms with Crippen molar-refractivity contribution in [2.75, 3.05) is 0 Å². The summed E-state index contributed by atoms with van der Waals surface area (Å²) in [5.74, 6) is 2.64. The zero-order valence-corrected chi connectivity index (χ0v) is 11.2. The maximum atomic E-state index is 10.5. The molecule has 0 amide bonds. The van der Waals surface area contributed by atoms with Gasteiger partial charge in [-0.2, -0.15) is 0 Å². The molecule has 16 heavy (non-hydrogen) atoms. The summed E-state index contributed by atoms with van der Waals surface area (Å²) in [4.78, 5) is 0. The molecule has 0 spiro atoms. The van der Waals surface area contributed by atoms with Crippen molar-refractivity contribution in [3.8, 4) is 0 Å². The van der Waals surface area contributed by atoms with Crippen molar-refractivity contribution in [1.82, 2.24) is 0 Å². The molecule has 0 bridgehead atoms. The summed E-state index contributed by atoms with van der Waals surface area (Å²) in [6, 6.07) is 0. The third-order valence-corrected chi connectivity index (χ3v) is 4.92. The summed E-state index contributed by atoms with van der Waals surface area (Å²) < 4.78 is 0. The molecule has 0 aromatic carbocycles. The lowest BCUT2D eigenvalue weighted by molar-refractivity contribution is -0.0807. The number of allylic oxidation sites excluding steroid dienone is 2. The highest BCUT2D eigenvalue weighted by molar-refractivity contribution is 5.13. The van der Waals surface area contributed by atoms with Crippen molar-refractivity contribution in [3.63, 3.8) is 0 Å². The highest BCUT2D eigenvalue weighted by Gasteiger charge is 2.46. The maximum absolute atomic E-state index is 10.5. The Hall–Kier alpha value is -0.300. The van der Waals surface area contributed by atoms with Crippen LogP contribution in [0.4, 0.5) is 0 Å². The van der Waals surface area contributed by atoms with E-state index in [4.69, 9.17) is 0 Å². The molecule has 0 unspecified atom stereocenters. The van der Waals surface area contributed by atoms with E-state index in [0.29, 0.717) is 11.8 Å². The van der Waals surface area contributed by atoms with Crippen LogP contribution in [0.2, 0.25) is 0 Å². The highest BCUT2D eigenvalue weighted by Crippen LogP contribution is 2.49. The molecule has 1 N–H and O–H groups in total. The van der Waals surface area contributed by atoms with Crippen molar-refractivity contribution in [1.29, 1.82) is 0 Å². The SMILES string of the molecule is CC1=C[C@H]2[C@@H](C(C)C)CC[C@](C)(O)[C@H]2CC1. The Kier molecular flexibility index (Phi) is 3.18. The Balaban J connectivity index is 2.27. The summed E-state index contributed by atoms with van der Waals surface area (Å²) in [6.45, 7) is 8.96. The lowest BCUT2D eigenvalue weighted by Gasteiger charge is -2.49. The second kappa shape index (κ2) is 4.18. The van der Waals surface area contributed by atoms with E-state index in [1.807, 2.05) is 0 Å². The molecule has 0 saturated heterocycles. The van der Waals surface area contributed by atoms with Gasteiger partial charge in [-0.25, -0.2) is 0 Å². The van der Waals surface area contributed by atoms with E-state index in [0.717, 1.165) is 18.3 Å². The third kappa shape index (κ3) is 2.07. The molecule has 0 heterocycles. The van der Waals surface area contributed by atoms with Crippen LogP contribution in [0.25, 0.3) is 0 Å². The van der Waals surface area contributed by atoms with Crippen LogP contribution in [-0.4, -0.2) is 10.7 Å². The van der Waals surface area contributed by atoms with Gasteiger partial charge in [0.05, 0.1) is 5.60 Å². The second-order valence-electron chi connectivity index (χ2n) is 6.54. The standard InChI is InChI=1S/C15H26O/c1-10(2)12-7-8-15(4,16)14-6-5-11(3)9-13(12)14/h9-10,12-14,16H,5-8H2,1-4H3/t12-,13+,14+,15+/m1/s1. The second-order valence-corrected chi connectivity index (χ2v) is 6.54. The van der Waals surface area contributed by atoms with Crippen molar-refractivity contribution in [2.24, 2.45) is 23.7 Å². The van der Waals surface area contributed by atoms with Crippen molar-refractivity contribution in [2.45, 2.75) is 59.0 Å². The topological polar surface area (TPSA) is 20.2 Å². The first-order valence-corrected chi connectivity index (χ1v) is 6.81. The van der Waals surface area contributed by atoms with E-state index in [1.54, 1.807) is 0 Å². The molecule has 2 aliphatic carbocycles. The zero-order chi connectivity index (χ0) is 11.9. The van der Waals surface area contributed by atoms with Crippen LogP contribution < -0.4 is 0 Å². The molecule has 4 atom stereocenters. The van der Waals surface area contributed by atoms with E-state index in [1.165, 1.54) is 24.8 Å². The molecule has 0 aromatic heterocycles. The largest absolute Gasteiger partial charge is 0.390 e. The normalized spacial score (nSPS) is 44.1. The maximum Gasteiger partial charge on any atom is 0.0653 e. The van der Waals surface area contributed by atoms with E-state index in [-0.39, 0.29) is 0 Å². The van der Waals surface area contributed by atoms with Crippen LogP contribution in [0.3, 0.4) is 0 Å². The minimum absolute atomic E-state index is 0.423. The minimum atomic E-state index is -0.423. The highest BCUT2D eigenvalue weighted by atomic mass is 16.3. The van der Waals surface area contributed by atoms with Gasteiger partial charge in [0.25, 0.3) is 0 Å². The molecule has 2 rings (SSSR count). The molecule has 1 nitrogen and oxygen atoms in total. The third-order valence-electron chi connectivity index (χ3n) is 4.92. The van der Waals surface area contributed by atoms with Crippen LogP contribution >= 0.6 is 0 Å². The first-order valence-electron chi connectivity index (χ1n) is 6.81. The van der Waals surface area contributed by atoms with Crippen LogP contribution in [0.1, 0.15) is 53.4 Å². The van der Waals surface area contributed by atoms with Crippen LogP contribution in [0, 0.1) is 23.7 Å². The van der Waals surface area contributed by atoms with E-state index in [9.17, 15) is 5.11 Å². The summed E-state index contributed by atoms with van der Waals surface area (Å²) in [7, 11) is 0. The fourth-order valence-corrected chi connectivity index (χ4v) is 3.87. The molecule has 0 aromatic rings. The Morgan fingerprint density at radius 1 is 1.38 bits per heavy atom. The molecule has 92 valence electrons. The molecule has 1 heteroatoms. The number of hydrogen-bond donors (Lipinski definition) is 1. The predicted octanol–water partition coefficient (Wildman–Crippen LogP) is 3.78. The molecule has 1 fully saturated rings. The number of aliphatic hydroxyl groups is 1. The quantitative estimate of drug-likeness (QED) is 0.669. The first kappa shape index (κ1) is 12.2. The van der Waals surface area contributed by atoms with Gasteiger partial charge in [-0.05, 0) is 63.2 Å². The smallest absolute Gasteiger partial charge is 0.0653 e. The molecular formula is C15H26O. The number of hydrogen-bond acceptors (Lipinski definition) is 1. The van der Waals surface area contributed by atoms with Crippen molar-refractivity contribution in [3.05, 3.63) is 11.6 Å². The van der Waals surface area contributed by atoms with E-state index >= 15 is 0 Å². The van der Waals surface area contributed by atoms with Crippen LogP contribution in [0.15, 0.2) is 11.6 Å². The van der Waals surface area contributed by atoms with Gasteiger partial charge in [-0.15, -0.1) is 0 Å². The predicted molar refractivity (Wildman–Crippen MR) is 68.2 cm³/mol. The van der Waals surface area contributed by atoms with Crippen molar-refractivity contribution < 1.29 is 5.11 Å². The molecular weight excluding hydrogens is 196 g/mol. The monoisotopic (exact) mass is 222 g/mol. The van der Waals surface area contributed by atoms with Crippen LogP contribution in [0.5, 0.6) is 0 Å². The van der Waals surface area contributed by atoms with Gasteiger partial charge in [-0.1, -0.05) is 25.5 Å². The number of fused-ring (bicyclic) bond motifs is 1. The Bertz CT molecular complexity index is 288. The first-order chi connectivity index (χ1) is 7.42. The van der Waals surface area contributed by atoms with Crippen molar-refractivity contribution >= 4 is 0 Å². The van der Waals surface area contributed by atoms with Gasteiger partial charge in [0.1, 0.15) is 0 Å². The molecule has 0 radical (unpaired) electrons. The molecule has 2 aliphatic rings. The average Bonchev–Trinajstić information content (AvgIpc) is 2.16. The van der Waals surface area contributed by atoms with Gasteiger partial charge in [0.2, 0.25) is 0 Å². The summed E-state index contributed by atoms with van der Waals surface area (Å²) in [5, 5.41) is 10.5. The van der Waals surface area contributed by atoms with E-state index < -0.39 is 5.60 Å². The summed E-state index contributed by atoms with van der Waals surface area (Å²) in [6.07, 6.45) is 7.01. The molecule has 1 saturated carbocycles. The van der Waals surface area contributed by atoms with Gasteiger partial charge >= 0.3 is 0 Å². The molecule has 0 aliphatic heterocycles. The van der Waals surface area contributed by atoms with Gasteiger partial charge in [0, 0.05) is 0 Å². The lowest BCUT2D eigenvalue weighted by Crippen LogP contribution is -2.48. The fraction of sp³-hybridized carbons (Fsp3) is 0.867. The Morgan fingerprint density at radius 3 is 2.69 bits per heavy atom. The zero-order valence-electron chi connectivity index (χ0n) is 11.2. The van der Waals surface area contributed by atoms with Gasteiger partial charge in [0.15, 0.2) is 0 Å².